The summed E-state index contributed by atoms with van der Waals surface area (Å²) in [6, 6.07) is 6.72. The van der Waals surface area contributed by atoms with E-state index >= 15 is 0 Å². The van der Waals surface area contributed by atoms with Crippen LogP contribution < -0.4 is 10.6 Å². The van der Waals surface area contributed by atoms with E-state index in [0.29, 0.717) is 0 Å². The Bertz CT molecular complexity index is 390. The number of nitrogens with zero attached hydrogens (tertiary/aromatic N) is 1. The third-order valence-corrected chi connectivity index (χ3v) is 2.83. The molecular formula is C16H27N3. The molecule has 0 aromatic heterocycles. The Kier molecular flexibility index (Phi) is 7.01. The van der Waals surface area contributed by atoms with Crippen LogP contribution in [0.1, 0.15) is 37.0 Å². The van der Waals surface area contributed by atoms with Crippen molar-refractivity contribution in [2.45, 2.75) is 40.5 Å². The van der Waals surface area contributed by atoms with E-state index in [2.05, 4.69) is 61.5 Å². The molecule has 2 N–H and O–H groups in total. The van der Waals surface area contributed by atoms with Gasteiger partial charge in [-0.3, -0.25) is 4.99 Å². The zero-order valence-electron chi connectivity index (χ0n) is 12.7. The van der Waals surface area contributed by atoms with Crippen LogP contribution in [0.2, 0.25) is 0 Å². The molecule has 1 aromatic rings. The molecule has 0 saturated carbocycles. The summed E-state index contributed by atoms with van der Waals surface area (Å²) >= 11 is 0. The SMILES string of the molecule is CCCN=C(NCC)NCCc1cc(C)cc(C)c1. The highest BCUT2D eigenvalue weighted by molar-refractivity contribution is 5.79. The molecule has 3 heteroatoms. The van der Waals surface area contributed by atoms with E-state index in [0.717, 1.165) is 38.4 Å². The van der Waals surface area contributed by atoms with Crippen molar-refractivity contribution in [3.8, 4) is 0 Å². The zero-order valence-corrected chi connectivity index (χ0v) is 12.7. The molecule has 0 unspecified atom stereocenters. The van der Waals surface area contributed by atoms with E-state index in [9.17, 15) is 0 Å². The summed E-state index contributed by atoms with van der Waals surface area (Å²) in [5, 5.41) is 6.65. The predicted molar refractivity (Wildman–Crippen MR) is 83.9 cm³/mol. The summed E-state index contributed by atoms with van der Waals surface area (Å²) in [5.41, 5.74) is 4.06. The molecule has 0 radical (unpaired) electrons. The van der Waals surface area contributed by atoms with E-state index in [1.807, 2.05) is 0 Å². The van der Waals surface area contributed by atoms with E-state index < -0.39 is 0 Å². The minimum Gasteiger partial charge on any atom is -0.357 e. The monoisotopic (exact) mass is 261 g/mol. The van der Waals surface area contributed by atoms with Crippen molar-refractivity contribution in [1.29, 1.82) is 0 Å². The molecule has 0 fully saturated rings. The van der Waals surface area contributed by atoms with Gasteiger partial charge in [-0.2, -0.15) is 0 Å². The van der Waals surface area contributed by atoms with Crippen LogP contribution in [-0.4, -0.2) is 25.6 Å². The van der Waals surface area contributed by atoms with E-state index in [1.165, 1.54) is 16.7 Å². The Morgan fingerprint density at radius 3 is 2.32 bits per heavy atom. The summed E-state index contributed by atoms with van der Waals surface area (Å²) in [6.45, 7) is 11.2. The van der Waals surface area contributed by atoms with Crippen LogP contribution in [0.3, 0.4) is 0 Å². The first-order chi connectivity index (χ1) is 9.15. The number of hydrogen-bond donors (Lipinski definition) is 2. The first kappa shape index (κ1) is 15.5. The van der Waals surface area contributed by atoms with Gasteiger partial charge in [-0.1, -0.05) is 36.2 Å². The van der Waals surface area contributed by atoms with Gasteiger partial charge in [0.05, 0.1) is 0 Å². The summed E-state index contributed by atoms with van der Waals surface area (Å²) < 4.78 is 0. The minimum absolute atomic E-state index is 0.874. The lowest BCUT2D eigenvalue weighted by Crippen LogP contribution is -2.38. The standard InChI is InChI=1S/C16H27N3/c1-5-8-18-16(17-6-2)19-9-7-15-11-13(3)10-14(4)12-15/h10-12H,5-9H2,1-4H3,(H2,17,18,19). The Hall–Kier alpha value is -1.51. The number of aryl methyl sites for hydroxylation is 2. The maximum atomic E-state index is 4.49. The largest absolute Gasteiger partial charge is 0.357 e. The molecular weight excluding hydrogens is 234 g/mol. The lowest BCUT2D eigenvalue weighted by molar-refractivity contribution is 0.793. The number of hydrogen-bond acceptors (Lipinski definition) is 1. The lowest BCUT2D eigenvalue weighted by atomic mass is 10.1. The summed E-state index contributed by atoms with van der Waals surface area (Å²) in [6.07, 6.45) is 2.10. The molecule has 3 nitrogen and oxygen atoms in total. The molecule has 0 heterocycles. The van der Waals surface area contributed by atoms with Gasteiger partial charge in [-0.15, -0.1) is 0 Å². The molecule has 0 aliphatic rings. The second kappa shape index (κ2) is 8.57. The lowest BCUT2D eigenvalue weighted by Gasteiger charge is -2.11. The first-order valence-corrected chi connectivity index (χ1v) is 7.25. The fraction of sp³-hybridized carbons (Fsp3) is 0.562. The highest BCUT2D eigenvalue weighted by Gasteiger charge is 1.99. The first-order valence-electron chi connectivity index (χ1n) is 7.25. The van der Waals surface area contributed by atoms with Gasteiger partial charge in [0.2, 0.25) is 0 Å². The summed E-state index contributed by atoms with van der Waals surface area (Å²) in [7, 11) is 0. The molecule has 0 atom stereocenters. The fourth-order valence-corrected chi connectivity index (χ4v) is 2.10. The highest BCUT2D eigenvalue weighted by Crippen LogP contribution is 2.08. The van der Waals surface area contributed by atoms with Crippen LogP contribution in [0.25, 0.3) is 0 Å². The quantitative estimate of drug-likeness (QED) is 0.610. The predicted octanol–water partition coefficient (Wildman–Crippen LogP) is 2.81. The van der Waals surface area contributed by atoms with E-state index in [1.54, 1.807) is 0 Å². The van der Waals surface area contributed by atoms with Gasteiger partial charge in [0.1, 0.15) is 0 Å². The van der Waals surface area contributed by atoms with Crippen LogP contribution in [0.5, 0.6) is 0 Å². The van der Waals surface area contributed by atoms with Crippen molar-refractivity contribution in [3.63, 3.8) is 0 Å². The third kappa shape index (κ3) is 6.27. The number of aliphatic imine (C=N–C) groups is 1. The topological polar surface area (TPSA) is 36.4 Å². The number of rotatable bonds is 6. The van der Waals surface area contributed by atoms with Gasteiger partial charge in [-0.25, -0.2) is 0 Å². The van der Waals surface area contributed by atoms with Gasteiger partial charge in [0, 0.05) is 19.6 Å². The van der Waals surface area contributed by atoms with Gasteiger partial charge in [0.25, 0.3) is 0 Å². The van der Waals surface area contributed by atoms with Gasteiger partial charge < -0.3 is 10.6 Å². The zero-order chi connectivity index (χ0) is 14.1. The second-order valence-electron chi connectivity index (χ2n) is 4.93. The van der Waals surface area contributed by atoms with Gasteiger partial charge in [-0.05, 0) is 39.2 Å². The van der Waals surface area contributed by atoms with Crippen LogP contribution >= 0.6 is 0 Å². The average molecular weight is 261 g/mol. The number of nitrogens with one attached hydrogen (secondary N) is 2. The molecule has 0 spiro atoms. The van der Waals surface area contributed by atoms with Crippen LogP contribution in [0.15, 0.2) is 23.2 Å². The van der Waals surface area contributed by atoms with Crippen LogP contribution in [0, 0.1) is 13.8 Å². The highest BCUT2D eigenvalue weighted by atomic mass is 15.2. The summed E-state index contributed by atoms with van der Waals surface area (Å²) in [4.78, 5) is 4.49. The normalized spacial score (nSPS) is 11.5. The van der Waals surface area contributed by atoms with Crippen LogP contribution in [0.4, 0.5) is 0 Å². The summed E-state index contributed by atoms with van der Waals surface area (Å²) in [5.74, 6) is 0.925. The number of benzene rings is 1. The Morgan fingerprint density at radius 2 is 1.74 bits per heavy atom. The second-order valence-corrected chi connectivity index (χ2v) is 4.93. The molecule has 19 heavy (non-hydrogen) atoms. The van der Waals surface area contributed by atoms with E-state index in [4.69, 9.17) is 0 Å². The Balaban J connectivity index is 2.46. The molecule has 106 valence electrons. The molecule has 0 aliphatic heterocycles. The van der Waals surface area contributed by atoms with Crippen molar-refractivity contribution in [2.24, 2.45) is 4.99 Å². The van der Waals surface area contributed by atoms with Crippen molar-refractivity contribution in [3.05, 3.63) is 34.9 Å². The average Bonchev–Trinajstić information content (AvgIpc) is 2.34. The Labute approximate surface area is 117 Å². The Morgan fingerprint density at radius 1 is 1.05 bits per heavy atom. The molecule has 0 bridgehead atoms. The van der Waals surface area contributed by atoms with E-state index in [-0.39, 0.29) is 0 Å². The molecule has 1 rings (SSSR count). The molecule has 0 saturated heterocycles. The third-order valence-electron chi connectivity index (χ3n) is 2.83. The molecule has 0 aliphatic carbocycles. The maximum absolute atomic E-state index is 4.49. The number of guanidine groups is 1. The minimum atomic E-state index is 0.874. The van der Waals surface area contributed by atoms with Crippen molar-refractivity contribution in [1.82, 2.24) is 10.6 Å². The molecule has 1 aromatic carbocycles. The van der Waals surface area contributed by atoms with Gasteiger partial charge in [0.15, 0.2) is 5.96 Å². The maximum Gasteiger partial charge on any atom is 0.191 e. The molecule has 0 amide bonds. The fourth-order valence-electron chi connectivity index (χ4n) is 2.10. The van der Waals surface area contributed by atoms with Crippen molar-refractivity contribution >= 4 is 5.96 Å². The smallest absolute Gasteiger partial charge is 0.191 e. The van der Waals surface area contributed by atoms with Crippen molar-refractivity contribution < 1.29 is 0 Å². The van der Waals surface area contributed by atoms with Crippen LogP contribution in [-0.2, 0) is 6.42 Å². The van der Waals surface area contributed by atoms with Gasteiger partial charge >= 0.3 is 0 Å². The van der Waals surface area contributed by atoms with Crippen molar-refractivity contribution in [2.75, 3.05) is 19.6 Å².